The molecule has 8 heavy (non-hydrogen) atoms. The Balaban J connectivity index is 2.80. The molecule has 0 rings (SSSR count). The van der Waals surface area contributed by atoms with Gasteiger partial charge in [-0.3, -0.25) is 0 Å². The van der Waals surface area contributed by atoms with Gasteiger partial charge in [0.05, 0.1) is 6.61 Å². The third kappa shape index (κ3) is 6.43. The molecule has 0 aromatic carbocycles. The number of allylic oxidation sites excluding steroid dienone is 1. The fourth-order valence-electron chi connectivity index (χ4n) is 0.387. The van der Waals surface area contributed by atoms with Gasteiger partial charge in [0, 0.05) is 0 Å². The summed E-state index contributed by atoms with van der Waals surface area (Å²) in [5, 5.41) is 8.28. The minimum Gasteiger partial charge on any atom is -0.392 e. The van der Waals surface area contributed by atoms with Gasteiger partial charge in [-0.1, -0.05) is 34.7 Å². The maximum Gasteiger partial charge on any atom is 0.0612 e. The Morgan fingerprint density at radius 2 is 2.12 bits per heavy atom. The number of aliphatic hydroxyl groups excluding tert-OH is 1. The van der Waals surface area contributed by atoms with Gasteiger partial charge in [-0.15, -0.1) is 0 Å². The number of unbranched alkanes of at least 4 members (excludes halogenated alkanes) is 1. The van der Waals surface area contributed by atoms with Gasteiger partial charge in [0.1, 0.15) is 0 Å². The van der Waals surface area contributed by atoms with Crippen molar-refractivity contribution in [2.75, 3.05) is 11.0 Å². The van der Waals surface area contributed by atoms with Crippen LogP contribution in [-0.2, 0) is 0 Å². The highest BCUT2D eigenvalue weighted by Crippen LogP contribution is 1.94. The van der Waals surface area contributed by atoms with Crippen LogP contribution in [0.5, 0.6) is 0 Å². The summed E-state index contributed by atoms with van der Waals surface area (Å²) in [7, 11) is 0. The summed E-state index contributed by atoms with van der Waals surface area (Å²) in [6.07, 6.45) is 6.12. The second kappa shape index (κ2) is 7.43. The lowest BCUT2D eigenvalue weighted by Gasteiger charge is -1.84. The van der Waals surface area contributed by atoms with Crippen molar-refractivity contribution < 1.29 is 5.11 Å². The monoisotopic (exact) mass is 226 g/mol. The molecule has 0 atom stereocenters. The summed E-state index contributed by atoms with van der Waals surface area (Å²) in [6.45, 7) is 0.182. The molecule has 2 heteroatoms. The summed E-state index contributed by atoms with van der Waals surface area (Å²) >= 11 is 2.34. The molecule has 0 aliphatic heterocycles. The van der Waals surface area contributed by atoms with Gasteiger partial charge in [-0.2, -0.15) is 0 Å². The van der Waals surface area contributed by atoms with Crippen molar-refractivity contribution in [1.82, 2.24) is 0 Å². The third-order valence-corrected chi connectivity index (χ3v) is 1.54. The van der Waals surface area contributed by atoms with E-state index in [9.17, 15) is 0 Å². The van der Waals surface area contributed by atoms with E-state index in [1.165, 1.54) is 10.8 Å². The number of rotatable bonds is 4. The van der Waals surface area contributed by atoms with Gasteiger partial charge in [-0.25, -0.2) is 0 Å². The molecule has 0 saturated carbocycles. The van der Waals surface area contributed by atoms with Gasteiger partial charge in [-0.05, 0) is 17.3 Å². The lowest BCUT2D eigenvalue weighted by Crippen LogP contribution is -1.73. The van der Waals surface area contributed by atoms with Crippen molar-refractivity contribution in [2.45, 2.75) is 12.8 Å². The van der Waals surface area contributed by atoms with Crippen LogP contribution in [0.25, 0.3) is 0 Å². The number of alkyl halides is 1. The van der Waals surface area contributed by atoms with Crippen LogP contribution in [-0.4, -0.2) is 16.1 Å². The van der Waals surface area contributed by atoms with Gasteiger partial charge in [0.2, 0.25) is 0 Å². The third-order valence-electron chi connectivity index (χ3n) is 0.776. The highest BCUT2D eigenvalue weighted by atomic mass is 127. The highest BCUT2D eigenvalue weighted by molar-refractivity contribution is 14.1. The molecular weight excluding hydrogens is 215 g/mol. The first-order valence-electron chi connectivity index (χ1n) is 2.73. The molecule has 0 unspecified atom stereocenters. The zero-order chi connectivity index (χ0) is 6.24. The van der Waals surface area contributed by atoms with E-state index < -0.39 is 0 Å². The smallest absolute Gasteiger partial charge is 0.0612 e. The summed E-state index contributed by atoms with van der Waals surface area (Å²) < 4.78 is 1.20. The Morgan fingerprint density at radius 1 is 1.38 bits per heavy atom. The second-order valence-corrected chi connectivity index (χ2v) is 2.56. The van der Waals surface area contributed by atoms with Crippen molar-refractivity contribution >= 4 is 22.6 Å². The molecule has 1 nitrogen and oxygen atoms in total. The normalized spacial score (nSPS) is 10.8. The SMILES string of the molecule is OC/C=C/CCCI. The average molecular weight is 226 g/mol. The highest BCUT2D eigenvalue weighted by Gasteiger charge is 1.76. The molecule has 1 N–H and O–H groups in total. The van der Waals surface area contributed by atoms with Crippen LogP contribution in [0.1, 0.15) is 12.8 Å². The minimum absolute atomic E-state index is 0.182. The number of halogens is 1. The van der Waals surface area contributed by atoms with E-state index >= 15 is 0 Å². The topological polar surface area (TPSA) is 20.2 Å². The first-order chi connectivity index (χ1) is 3.91. The van der Waals surface area contributed by atoms with Crippen LogP contribution < -0.4 is 0 Å². The summed E-state index contributed by atoms with van der Waals surface area (Å²) in [5.41, 5.74) is 0. The average Bonchev–Trinajstić information content (AvgIpc) is 1.81. The summed E-state index contributed by atoms with van der Waals surface area (Å²) in [6, 6.07) is 0. The predicted octanol–water partition coefficient (Wildman–Crippen LogP) is 1.75. The van der Waals surface area contributed by atoms with Crippen molar-refractivity contribution in [1.29, 1.82) is 0 Å². The lowest BCUT2D eigenvalue weighted by atomic mass is 10.3. The summed E-state index contributed by atoms with van der Waals surface area (Å²) in [5.74, 6) is 0. The van der Waals surface area contributed by atoms with Crippen LogP contribution in [0.3, 0.4) is 0 Å². The molecule has 0 amide bonds. The van der Waals surface area contributed by atoms with Crippen LogP contribution in [0.15, 0.2) is 12.2 Å². The van der Waals surface area contributed by atoms with Crippen LogP contribution in [0.2, 0.25) is 0 Å². The van der Waals surface area contributed by atoms with Gasteiger partial charge in [0.15, 0.2) is 0 Å². The number of hydrogen-bond donors (Lipinski definition) is 1. The molecule has 0 aliphatic carbocycles. The minimum atomic E-state index is 0.182. The predicted molar refractivity (Wildman–Crippen MR) is 44.3 cm³/mol. The zero-order valence-corrected chi connectivity index (χ0v) is 6.97. The zero-order valence-electron chi connectivity index (χ0n) is 4.81. The maximum absolute atomic E-state index is 8.28. The molecule has 0 aromatic rings. The van der Waals surface area contributed by atoms with Crippen LogP contribution in [0.4, 0.5) is 0 Å². The van der Waals surface area contributed by atoms with Gasteiger partial charge in [0.25, 0.3) is 0 Å². The first-order valence-corrected chi connectivity index (χ1v) is 4.26. The van der Waals surface area contributed by atoms with E-state index in [0.717, 1.165) is 6.42 Å². The standard InChI is InChI=1S/C6H11IO/c7-5-3-1-2-4-6-8/h2,4,8H,1,3,5-6H2/b4-2+. The van der Waals surface area contributed by atoms with E-state index in [1.54, 1.807) is 6.08 Å². The molecule has 0 radical (unpaired) electrons. The van der Waals surface area contributed by atoms with E-state index in [2.05, 4.69) is 22.6 Å². The maximum atomic E-state index is 8.28. The van der Waals surface area contributed by atoms with Crippen LogP contribution >= 0.6 is 22.6 Å². The molecule has 0 saturated heterocycles. The fourth-order valence-corrected chi connectivity index (χ4v) is 0.828. The van der Waals surface area contributed by atoms with E-state index in [-0.39, 0.29) is 6.61 Å². The number of aliphatic hydroxyl groups is 1. The second-order valence-electron chi connectivity index (χ2n) is 1.49. The van der Waals surface area contributed by atoms with Crippen molar-refractivity contribution in [3.63, 3.8) is 0 Å². The van der Waals surface area contributed by atoms with Crippen molar-refractivity contribution in [2.24, 2.45) is 0 Å². The van der Waals surface area contributed by atoms with E-state index in [1.807, 2.05) is 6.08 Å². The fraction of sp³-hybridized carbons (Fsp3) is 0.667. The molecule has 0 aliphatic rings. The Hall–Kier alpha value is 0.430. The Morgan fingerprint density at radius 3 is 2.62 bits per heavy atom. The van der Waals surface area contributed by atoms with E-state index in [0.29, 0.717) is 0 Å². The van der Waals surface area contributed by atoms with Crippen LogP contribution in [0, 0.1) is 0 Å². The number of hydrogen-bond acceptors (Lipinski definition) is 1. The lowest BCUT2D eigenvalue weighted by molar-refractivity contribution is 0.342. The first kappa shape index (κ1) is 8.43. The molecule has 0 bridgehead atoms. The van der Waals surface area contributed by atoms with Gasteiger partial charge >= 0.3 is 0 Å². The molecule has 0 heterocycles. The van der Waals surface area contributed by atoms with E-state index in [4.69, 9.17) is 5.11 Å². The molecule has 0 spiro atoms. The van der Waals surface area contributed by atoms with Gasteiger partial charge < -0.3 is 5.11 Å². The Kier molecular flexibility index (Phi) is 7.83. The molecule has 0 fully saturated rings. The Labute approximate surface area is 63.9 Å². The summed E-state index contributed by atoms with van der Waals surface area (Å²) in [4.78, 5) is 0. The molecular formula is C6H11IO. The Bertz CT molecular complexity index is 61.5. The molecule has 0 aromatic heterocycles. The van der Waals surface area contributed by atoms with Crippen molar-refractivity contribution in [3.05, 3.63) is 12.2 Å². The largest absolute Gasteiger partial charge is 0.392 e. The van der Waals surface area contributed by atoms with Crippen molar-refractivity contribution in [3.8, 4) is 0 Å². The quantitative estimate of drug-likeness (QED) is 0.335. The molecule has 48 valence electrons.